The summed E-state index contributed by atoms with van der Waals surface area (Å²) in [6, 6.07) is 5.89. The molecule has 0 bridgehead atoms. The minimum Gasteiger partial charge on any atom is -0.399 e. The van der Waals surface area contributed by atoms with Gasteiger partial charge >= 0.3 is 0 Å². The molecule has 0 unspecified atom stereocenters. The molecule has 0 saturated heterocycles. The van der Waals surface area contributed by atoms with Crippen LogP contribution in [0.3, 0.4) is 0 Å². The highest BCUT2D eigenvalue weighted by atomic mass is 32.1. The number of aromatic nitrogens is 1. The summed E-state index contributed by atoms with van der Waals surface area (Å²) in [6.45, 7) is 0. The van der Waals surface area contributed by atoms with E-state index in [-0.39, 0.29) is 5.60 Å². The number of ether oxygens (including phenoxy) is 1. The molecule has 17 heavy (non-hydrogen) atoms. The highest BCUT2D eigenvalue weighted by molar-refractivity contribution is 7.18. The van der Waals surface area contributed by atoms with E-state index in [1.165, 1.54) is 11.1 Å². The van der Waals surface area contributed by atoms with Crippen LogP contribution >= 0.6 is 11.3 Å². The smallest absolute Gasteiger partial charge is 0.0967 e. The van der Waals surface area contributed by atoms with Crippen molar-refractivity contribution in [1.82, 2.24) is 4.98 Å². The average molecular weight is 248 g/mol. The molecule has 2 N–H and O–H groups in total. The molecule has 1 aromatic carbocycles. The molecule has 1 aromatic heterocycles. The van der Waals surface area contributed by atoms with Gasteiger partial charge in [-0.1, -0.05) is 0 Å². The Morgan fingerprint density at radius 2 is 2.29 bits per heavy atom. The third-order valence-corrected chi connectivity index (χ3v) is 4.65. The van der Waals surface area contributed by atoms with Crippen molar-refractivity contribution < 1.29 is 4.74 Å². The molecule has 2 aromatic rings. The van der Waals surface area contributed by atoms with E-state index in [0.717, 1.165) is 35.5 Å². The van der Waals surface area contributed by atoms with Gasteiger partial charge in [-0.3, -0.25) is 0 Å². The minimum atomic E-state index is 0.0550. The van der Waals surface area contributed by atoms with Gasteiger partial charge in [0, 0.05) is 19.2 Å². The molecule has 0 radical (unpaired) electrons. The predicted octanol–water partition coefficient (Wildman–Crippen LogP) is 2.99. The number of nitrogens with two attached hydrogens (primary N) is 1. The minimum absolute atomic E-state index is 0.0550. The van der Waals surface area contributed by atoms with Crippen LogP contribution in [-0.2, 0) is 11.2 Å². The summed E-state index contributed by atoms with van der Waals surface area (Å²) in [6.07, 6.45) is 4.51. The normalized spacial score (nSPS) is 18.2. The van der Waals surface area contributed by atoms with Crippen molar-refractivity contribution >= 4 is 27.2 Å². The van der Waals surface area contributed by atoms with Gasteiger partial charge in [0.1, 0.15) is 0 Å². The second-order valence-corrected chi connectivity index (χ2v) is 5.87. The first-order chi connectivity index (χ1) is 8.21. The van der Waals surface area contributed by atoms with Gasteiger partial charge in [-0.25, -0.2) is 4.98 Å². The third kappa shape index (κ3) is 1.91. The van der Waals surface area contributed by atoms with Gasteiger partial charge in [0.2, 0.25) is 0 Å². The fourth-order valence-electron chi connectivity index (χ4n) is 2.36. The summed E-state index contributed by atoms with van der Waals surface area (Å²) >= 11 is 1.73. The summed E-state index contributed by atoms with van der Waals surface area (Å²) < 4.78 is 6.81. The van der Waals surface area contributed by atoms with Crippen LogP contribution in [0.15, 0.2) is 18.2 Å². The van der Waals surface area contributed by atoms with Crippen molar-refractivity contribution in [3.63, 3.8) is 0 Å². The van der Waals surface area contributed by atoms with Crippen LogP contribution in [-0.4, -0.2) is 17.7 Å². The standard InChI is InChI=1S/C13H16N2OS/c1-16-13(5-2-6-13)8-12-15-10-4-3-9(14)7-11(10)17-12/h3-4,7H,2,5-6,8,14H2,1H3. The van der Waals surface area contributed by atoms with Crippen molar-refractivity contribution in [3.05, 3.63) is 23.2 Å². The summed E-state index contributed by atoms with van der Waals surface area (Å²) in [7, 11) is 1.81. The lowest BCUT2D eigenvalue weighted by atomic mass is 9.78. The molecule has 4 heteroatoms. The Labute approximate surface area is 105 Å². The van der Waals surface area contributed by atoms with Crippen LogP contribution in [0.4, 0.5) is 5.69 Å². The van der Waals surface area contributed by atoms with Crippen molar-refractivity contribution in [2.24, 2.45) is 0 Å². The fourth-order valence-corrected chi connectivity index (χ4v) is 3.51. The van der Waals surface area contributed by atoms with E-state index in [9.17, 15) is 0 Å². The molecule has 0 aliphatic heterocycles. The maximum absolute atomic E-state index is 5.78. The second-order valence-electron chi connectivity index (χ2n) is 4.75. The molecule has 0 spiro atoms. The Morgan fingerprint density at radius 3 is 2.94 bits per heavy atom. The number of anilines is 1. The van der Waals surface area contributed by atoms with Gasteiger partial charge in [-0.2, -0.15) is 0 Å². The maximum atomic E-state index is 5.78. The van der Waals surface area contributed by atoms with E-state index in [1.54, 1.807) is 11.3 Å². The molecule has 3 rings (SSSR count). The zero-order chi connectivity index (χ0) is 11.9. The van der Waals surface area contributed by atoms with E-state index in [4.69, 9.17) is 10.5 Å². The number of rotatable bonds is 3. The molecule has 1 aliphatic carbocycles. The summed E-state index contributed by atoms with van der Waals surface area (Å²) in [5.74, 6) is 0. The molecule has 3 nitrogen and oxygen atoms in total. The number of thiazole rings is 1. The van der Waals surface area contributed by atoms with E-state index in [1.807, 2.05) is 25.3 Å². The monoisotopic (exact) mass is 248 g/mol. The first-order valence-corrected chi connectivity index (χ1v) is 6.73. The lowest BCUT2D eigenvalue weighted by molar-refractivity contribution is -0.0708. The van der Waals surface area contributed by atoms with Gasteiger partial charge in [0.15, 0.2) is 0 Å². The van der Waals surface area contributed by atoms with Crippen LogP contribution in [0, 0.1) is 0 Å². The van der Waals surface area contributed by atoms with Crippen LogP contribution in [0.1, 0.15) is 24.3 Å². The molecule has 1 aliphatic rings. The number of benzene rings is 1. The zero-order valence-corrected chi connectivity index (χ0v) is 10.7. The molecule has 0 atom stereocenters. The Hall–Kier alpha value is -1.13. The van der Waals surface area contributed by atoms with Gasteiger partial charge in [-0.15, -0.1) is 11.3 Å². The Morgan fingerprint density at radius 1 is 1.47 bits per heavy atom. The average Bonchev–Trinajstić information content (AvgIpc) is 2.65. The Balaban J connectivity index is 1.90. The highest BCUT2D eigenvalue weighted by Gasteiger charge is 2.37. The second kappa shape index (κ2) is 3.96. The van der Waals surface area contributed by atoms with Crippen LogP contribution in [0.2, 0.25) is 0 Å². The van der Waals surface area contributed by atoms with E-state index >= 15 is 0 Å². The van der Waals surface area contributed by atoms with Crippen LogP contribution < -0.4 is 5.73 Å². The van der Waals surface area contributed by atoms with Crippen molar-refractivity contribution in [3.8, 4) is 0 Å². The van der Waals surface area contributed by atoms with Crippen molar-refractivity contribution in [1.29, 1.82) is 0 Å². The molecular weight excluding hydrogens is 232 g/mol. The van der Waals surface area contributed by atoms with Gasteiger partial charge < -0.3 is 10.5 Å². The predicted molar refractivity (Wildman–Crippen MR) is 71.3 cm³/mol. The van der Waals surface area contributed by atoms with E-state index < -0.39 is 0 Å². The highest BCUT2D eigenvalue weighted by Crippen LogP contribution is 2.39. The fraction of sp³-hybridized carbons (Fsp3) is 0.462. The number of nitrogens with zero attached hydrogens (tertiary/aromatic N) is 1. The lowest BCUT2D eigenvalue weighted by Gasteiger charge is -2.39. The third-order valence-electron chi connectivity index (χ3n) is 3.63. The molecule has 1 saturated carbocycles. The molecule has 1 fully saturated rings. The van der Waals surface area contributed by atoms with E-state index in [2.05, 4.69) is 4.98 Å². The largest absolute Gasteiger partial charge is 0.399 e. The molecular formula is C13H16N2OS. The Bertz CT molecular complexity index is 540. The quantitative estimate of drug-likeness (QED) is 0.849. The summed E-state index contributed by atoms with van der Waals surface area (Å²) in [5.41, 5.74) is 7.68. The number of hydrogen-bond acceptors (Lipinski definition) is 4. The number of nitrogen functional groups attached to an aromatic ring is 1. The van der Waals surface area contributed by atoms with E-state index in [0.29, 0.717) is 0 Å². The molecule has 90 valence electrons. The maximum Gasteiger partial charge on any atom is 0.0967 e. The van der Waals surface area contributed by atoms with Gasteiger partial charge in [-0.05, 0) is 37.5 Å². The van der Waals surface area contributed by atoms with Crippen LogP contribution in [0.25, 0.3) is 10.2 Å². The molecule has 1 heterocycles. The van der Waals surface area contributed by atoms with Gasteiger partial charge in [0.05, 0.1) is 20.8 Å². The number of fused-ring (bicyclic) bond motifs is 1. The Kier molecular flexibility index (Phi) is 2.56. The topological polar surface area (TPSA) is 48.1 Å². The number of hydrogen-bond donors (Lipinski definition) is 1. The van der Waals surface area contributed by atoms with Crippen LogP contribution in [0.5, 0.6) is 0 Å². The van der Waals surface area contributed by atoms with Crippen molar-refractivity contribution in [2.75, 3.05) is 12.8 Å². The first-order valence-electron chi connectivity index (χ1n) is 5.91. The number of methoxy groups -OCH3 is 1. The van der Waals surface area contributed by atoms with Crippen molar-refractivity contribution in [2.45, 2.75) is 31.3 Å². The zero-order valence-electron chi connectivity index (χ0n) is 9.90. The summed E-state index contributed by atoms with van der Waals surface area (Å²) in [4.78, 5) is 4.65. The van der Waals surface area contributed by atoms with Gasteiger partial charge in [0.25, 0.3) is 0 Å². The lowest BCUT2D eigenvalue weighted by Crippen LogP contribution is -2.41. The summed E-state index contributed by atoms with van der Waals surface area (Å²) in [5, 5.41) is 1.16. The molecule has 0 amide bonds. The first kappa shape index (κ1) is 11.0. The SMILES string of the molecule is COC1(Cc2nc3ccc(N)cc3s2)CCC1.